The Morgan fingerprint density at radius 3 is 2.53 bits per heavy atom. The Balaban J connectivity index is 3.01. The Kier molecular flexibility index (Phi) is 3.25. The highest BCUT2D eigenvalue weighted by molar-refractivity contribution is 6.01. The first-order valence-corrected chi connectivity index (χ1v) is 5.04. The van der Waals surface area contributed by atoms with Crippen LogP contribution >= 0.6 is 0 Å². The van der Waals surface area contributed by atoms with E-state index in [1.807, 2.05) is 33.8 Å². The molecular formula is C12H18N2O. The molecular weight excluding hydrogens is 188 g/mol. The van der Waals surface area contributed by atoms with E-state index in [4.69, 9.17) is 5.73 Å². The summed E-state index contributed by atoms with van der Waals surface area (Å²) < 4.78 is 0. The SMILES string of the molecule is Cc1ccncc1C(=O)C(N)C(C)(C)C. The van der Waals surface area contributed by atoms with E-state index in [1.54, 1.807) is 12.4 Å². The molecule has 15 heavy (non-hydrogen) atoms. The fraction of sp³-hybridized carbons (Fsp3) is 0.500. The van der Waals surface area contributed by atoms with Crippen LogP contribution in [0.5, 0.6) is 0 Å². The molecule has 0 spiro atoms. The number of rotatable bonds is 2. The summed E-state index contributed by atoms with van der Waals surface area (Å²) in [6, 6.07) is 1.34. The summed E-state index contributed by atoms with van der Waals surface area (Å²) in [4.78, 5) is 16.0. The highest BCUT2D eigenvalue weighted by Crippen LogP contribution is 2.21. The maximum Gasteiger partial charge on any atom is 0.181 e. The van der Waals surface area contributed by atoms with E-state index >= 15 is 0 Å². The van der Waals surface area contributed by atoms with Crippen molar-refractivity contribution in [2.24, 2.45) is 11.1 Å². The predicted molar refractivity (Wildman–Crippen MR) is 60.7 cm³/mol. The number of hydrogen-bond acceptors (Lipinski definition) is 3. The number of aromatic nitrogens is 1. The molecule has 1 rings (SSSR count). The van der Waals surface area contributed by atoms with Gasteiger partial charge in [0.25, 0.3) is 0 Å². The number of carbonyl (C=O) groups excluding carboxylic acids is 1. The molecule has 1 heterocycles. The van der Waals surface area contributed by atoms with Crippen LogP contribution in [-0.2, 0) is 0 Å². The second-order valence-electron chi connectivity index (χ2n) is 4.90. The van der Waals surface area contributed by atoms with Crippen LogP contribution in [0.25, 0.3) is 0 Å². The topological polar surface area (TPSA) is 56.0 Å². The van der Waals surface area contributed by atoms with Gasteiger partial charge in [0.2, 0.25) is 0 Å². The van der Waals surface area contributed by atoms with Crippen LogP contribution in [0, 0.1) is 12.3 Å². The summed E-state index contributed by atoms with van der Waals surface area (Å²) in [5, 5.41) is 0. The molecule has 82 valence electrons. The normalized spacial score (nSPS) is 13.7. The number of aryl methyl sites for hydroxylation is 1. The molecule has 0 aliphatic heterocycles. The fourth-order valence-electron chi connectivity index (χ4n) is 1.28. The highest BCUT2D eigenvalue weighted by Gasteiger charge is 2.28. The van der Waals surface area contributed by atoms with Crippen LogP contribution in [0.15, 0.2) is 18.5 Å². The molecule has 2 N–H and O–H groups in total. The van der Waals surface area contributed by atoms with Crippen molar-refractivity contribution in [1.82, 2.24) is 4.98 Å². The Hall–Kier alpha value is -1.22. The lowest BCUT2D eigenvalue weighted by Crippen LogP contribution is -2.42. The summed E-state index contributed by atoms with van der Waals surface area (Å²) in [7, 11) is 0. The molecule has 0 fully saturated rings. The van der Waals surface area contributed by atoms with Crippen molar-refractivity contribution in [1.29, 1.82) is 0 Å². The number of pyridine rings is 1. The number of ketones is 1. The van der Waals surface area contributed by atoms with Gasteiger partial charge in [-0.25, -0.2) is 0 Å². The van der Waals surface area contributed by atoms with Crippen molar-refractivity contribution < 1.29 is 4.79 Å². The van der Waals surface area contributed by atoms with E-state index in [9.17, 15) is 4.79 Å². The molecule has 0 aliphatic rings. The summed E-state index contributed by atoms with van der Waals surface area (Å²) in [5.74, 6) is -0.0342. The van der Waals surface area contributed by atoms with E-state index in [1.165, 1.54) is 0 Å². The maximum atomic E-state index is 12.0. The number of nitrogens with two attached hydrogens (primary N) is 1. The molecule has 0 saturated carbocycles. The third-order valence-corrected chi connectivity index (χ3v) is 2.52. The number of nitrogens with zero attached hydrogens (tertiary/aromatic N) is 1. The van der Waals surface area contributed by atoms with Gasteiger partial charge >= 0.3 is 0 Å². The summed E-state index contributed by atoms with van der Waals surface area (Å²) in [5.41, 5.74) is 7.25. The van der Waals surface area contributed by atoms with E-state index in [2.05, 4.69) is 4.98 Å². The molecule has 0 aromatic carbocycles. The summed E-state index contributed by atoms with van der Waals surface area (Å²) in [6.45, 7) is 7.77. The molecule has 0 radical (unpaired) electrons. The van der Waals surface area contributed by atoms with Gasteiger partial charge in [-0.3, -0.25) is 9.78 Å². The lowest BCUT2D eigenvalue weighted by Gasteiger charge is -2.25. The minimum atomic E-state index is -0.486. The van der Waals surface area contributed by atoms with Crippen molar-refractivity contribution in [2.75, 3.05) is 0 Å². The molecule has 1 unspecified atom stereocenters. The van der Waals surface area contributed by atoms with Gasteiger partial charge in [-0.15, -0.1) is 0 Å². The average molecular weight is 206 g/mol. The zero-order valence-corrected chi connectivity index (χ0v) is 9.74. The minimum absolute atomic E-state index is 0.0342. The molecule has 1 aromatic heterocycles. The molecule has 1 aromatic rings. The van der Waals surface area contributed by atoms with Gasteiger partial charge in [0.1, 0.15) is 0 Å². The van der Waals surface area contributed by atoms with Crippen LogP contribution in [0.4, 0.5) is 0 Å². The quantitative estimate of drug-likeness (QED) is 0.752. The molecule has 1 atom stereocenters. The third-order valence-electron chi connectivity index (χ3n) is 2.52. The van der Waals surface area contributed by atoms with Gasteiger partial charge in [0.15, 0.2) is 5.78 Å². The van der Waals surface area contributed by atoms with E-state index < -0.39 is 6.04 Å². The first kappa shape index (κ1) is 11.9. The summed E-state index contributed by atoms with van der Waals surface area (Å²) >= 11 is 0. The van der Waals surface area contributed by atoms with Crippen LogP contribution in [0.2, 0.25) is 0 Å². The van der Waals surface area contributed by atoms with Gasteiger partial charge < -0.3 is 5.73 Å². The monoisotopic (exact) mass is 206 g/mol. The van der Waals surface area contributed by atoms with Crippen molar-refractivity contribution in [3.05, 3.63) is 29.6 Å². The van der Waals surface area contributed by atoms with Gasteiger partial charge in [-0.1, -0.05) is 20.8 Å². The van der Waals surface area contributed by atoms with Crippen molar-refractivity contribution in [2.45, 2.75) is 33.7 Å². The molecule has 0 bridgehead atoms. The third kappa shape index (κ3) is 2.63. The largest absolute Gasteiger partial charge is 0.321 e. The second kappa shape index (κ2) is 4.11. The maximum absolute atomic E-state index is 12.0. The van der Waals surface area contributed by atoms with Gasteiger partial charge in [0.05, 0.1) is 6.04 Å². The van der Waals surface area contributed by atoms with Crippen molar-refractivity contribution in [3.63, 3.8) is 0 Å². The van der Waals surface area contributed by atoms with Crippen molar-refractivity contribution >= 4 is 5.78 Å². The standard InChI is InChI=1S/C12H18N2O/c1-8-5-6-14-7-9(8)10(15)11(13)12(2,3)4/h5-7,11H,13H2,1-4H3. The van der Waals surface area contributed by atoms with Gasteiger partial charge in [-0.2, -0.15) is 0 Å². The summed E-state index contributed by atoms with van der Waals surface area (Å²) in [6.07, 6.45) is 3.26. The minimum Gasteiger partial charge on any atom is -0.321 e. The molecule has 3 nitrogen and oxygen atoms in total. The van der Waals surface area contributed by atoms with Gasteiger partial charge in [-0.05, 0) is 24.0 Å². The molecule has 0 aliphatic carbocycles. The number of hydrogen-bond donors (Lipinski definition) is 1. The highest BCUT2D eigenvalue weighted by atomic mass is 16.1. The lowest BCUT2D eigenvalue weighted by molar-refractivity contribution is 0.0900. The van der Waals surface area contributed by atoms with Crippen LogP contribution in [0.3, 0.4) is 0 Å². The average Bonchev–Trinajstić information content (AvgIpc) is 2.15. The Morgan fingerprint density at radius 1 is 1.47 bits per heavy atom. The number of carbonyl (C=O) groups is 1. The van der Waals surface area contributed by atoms with Crippen LogP contribution in [-0.4, -0.2) is 16.8 Å². The zero-order chi connectivity index (χ0) is 11.6. The van der Waals surface area contributed by atoms with E-state index in [0.29, 0.717) is 5.56 Å². The Labute approximate surface area is 90.7 Å². The molecule has 0 amide bonds. The van der Waals surface area contributed by atoms with Crippen molar-refractivity contribution in [3.8, 4) is 0 Å². The predicted octanol–water partition coefficient (Wildman–Crippen LogP) is 1.95. The lowest BCUT2D eigenvalue weighted by atomic mass is 9.82. The first-order chi connectivity index (χ1) is 6.84. The Bertz CT molecular complexity index is 366. The zero-order valence-electron chi connectivity index (χ0n) is 9.74. The van der Waals surface area contributed by atoms with Crippen LogP contribution in [0.1, 0.15) is 36.7 Å². The second-order valence-corrected chi connectivity index (χ2v) is 4.90. The molecule has 3 heteroatoms. The Morgan fingerprint density at radius 2 is 2.07 bits per heavy atom. The van der Waals surface area contributed by atoms with E-state index in [-0.39, 0.29) is 11.2 Å². The number of Topliss-reactive ketones (excluding diaryl/α,β-unsaturated/α-hetero) is 1. The van der Waals surface area contributed by atoms with E-state index in [0.717, 1.165) is 5.56 Å². The first-order valence-electron chi connectivity index (χ1n) is 5.04. The molecule has 0 saturated heterocycles. The van der Waals surface area contributed by atoms with Crippen LogP contribution < -0.4 is 5.73 Å². The fourth-order valence-corrected chi connectivity index (χ4v) is 1.28. The smallest absolute Gasteiger partial charge is 0.181 e. The van der Waals surface area contributed by atoms with Gasteiger partial charge in [0, 0.05) is 18.0 Å².